The highest BCUT2D eigenvalue weighted by atomic mass is 16.4. The SMILES string of the molecule is Cc1nc2nc(CC(C)C)cn2cc1C(=O)O. The fourth-order valence-corrected chi connectivity index (χ4v) is 1.78. The molecular formula is C12H15N3O2. The summed E-state index contributed by atoms with van der Waals surface area (Å²) in [6, 6.07) is 0. The number of imidazole rings is 1. The van der Waals surface area contributed by atoms with E-state index >= 15 is 0 Å². The Kier molecular flexibility index (Phi) is 2.83. The number of carboxylic acids is 1. The summed E-state index contributed by atoms with van der Waals surface area (Å²) in [5, 5.41) is 9.00. The van der Waals surface area contributed by atoms with Gasteiger partial charge in [0.25, 0.3) is 0 Å². The van der Waals surface area contributed by atoms with Crippen LogP contribution in [0.15, 0.2) is 12.4 Å². The minimum atomic E-state index is -0.962. The van der Waals surface area contributed by atoms with Crippen molar-refractivity contribution in [1.29, 1.82) is 0 Å². The molecule has 0 fully saturated rings. The van der Waals surface area contributed by atoms with Gasteiger partial charge in [-0.3, -0.25) is 4.40 Å². The van der Waals surface area contributed by atoms with Gasteiger partial charge in [0.05, 0.1) is 17.0 Å². The molecule has 0 amide bonds. The van der Waals surface area contributed by atoms with Gasteiger partial charge in [0.15, 0.2) is 0 Å². The summed E-state index contributed by atoms with van der Waals surface area (Å²) in [5.74, 6) is 0.110. The number of carboxylic acid groups (broad SMARTS) is 1. The predicted octanol–water partition coefficient (Wildman–Crippen LogP) is 1.93. The van der Waals surface area contributed by atoms with Crippen molar-refractivity contribution < 1.29 is 9.90 Å². The third kappa shape index (κ3) is 2.27. The van der Waals surface area contributed by atoms with E-state index in [9.17, 15) is 4.79 Å². The van der Waals surface area contributed by atoms with Gasteiger partial charge in [-0.05, 0) is 19.3 Å². The summed E-state index contributed by atoms with van der Waals surface area (Å²) < 4.78 is 1.67. The summed E-state index contributed by atoms with van der Waals surface area (Å²) in [6.45, 7) is 5.91. The van der Waals surface area contributed by atoms with Gasteiger partial charge in [0, 0.05) is 12.4 Å². The third-order valence-corrected chi connectivity index (χ3v) is 2.54. The Morgan fingerprint density at radius 1 is 1.41 bits per heavy atom. The molecule has 0 aromatic carbocycles. The standard InChI is InChI=1S/C12H15N3O2/c1-7(2)4-9-5-15-6-10(11(16)17)8(3)13-12(15)14-9/h5-7H,4H2,1-3H3,(H,16,17). The molecule has 2 heterocycles. The van der Waals surface area contributed by atoms with Crippen molar-refractivity contribution in [3.63, 3.8) is 0 Å². The molecule has 0 bridgehead atoms. The molecule has 5 heteroatoms. The van der Waals surface area contributed by atoms with Crippen LogP contribution in [0.25, 0.3) is 5.78 Å². The Morgan fingerprint density at radius 2 is 2.12 bits per heavy atom. The zero-order valence-corrected chi connectivity index (χ0v) is 10.1. The molecule has 5 nitrogen and oxygen atoms in total. The summed E-state index contributed by atoms with van der Waals surface area (Å²) in [6.07, 6.45) is 4.27. The lowest BCUT2D eigenvalue weighted by Gasteiger charge is -1.99. The molecule has 0 saturated carbocycles. The van der Waals surface area contributed by atoms with Crippen molar-refractivity contribution in [3.05, 3.63) is 29.3 Å². The van der Waals surface area contributed by atoms with Crippen LogP contribution in [0.4, 0.5) is 0 Å². The molecule has 0 saturated heterocycles. The van der Waals surface area contributed by atoms with Crippen LogP contribution in [0.3, 0.4) is 0 Å². The smallest absolute Gasteiger partial charge is 0.339 e. The molecule has 90 valence electrons. The largest absolute Gasteiger partial charge is 0.478 e. The van der Waals surface area contributed by atoms with Gasteiger partial charge in [-0.15, -0.1) is 0 Å². The molecule has 2 aromatic rings. The van der Waals surface area contributed by atoms with E-state index in [0.717, 1.165) is 12.1 Å². The second-order valence-electron chi connectivity index (χ2n) is 4.58. The van der Waals surface area contributed by atoms with Crippen molar-refractivity contribution in [2.45, 2.75) is 27.2 Å². The second kappa shape index (κ2) is 4.16. The normalized spacial score (nSPS) is 11.3. The monoisotopic (exact) mass is 233 g/mol. The molecule has 0 aliphatic heterocycles. The minimum Gasteiger partial charge on any atom is -0.478 e. The number of fused-ring (bicyclic) bond motifs is 1. The molecule has 0 radical (unpaired) electrons. The van der Waals surface area contributed by atoms with Crippen molar-refractivity contribution in [3.8, 4) is 0 Å². The maximum absolute atomic E-state index is 11.0. The number of nitrogens with zero attached hydrogens (tertiary/aromatic N) is 3. The summed E-state index contributed by atoms with van der Waals surface area (Å²) >= 11 is 0. The fourth-order valence-electron chi connectivity index (χ4n) is 1.78. The number of hydrogen-bond acceptors (Lipinski definition) is 3. The number of rotatable bonds is 3. The zero-order chi connectivity index (χ0) is 12.6. The third-order valence-electron chi connectivity index (χ3n) is 2.54. The molecule has 0 aliphatic carbocycles. The van der Waals surface area contributed by atoms with Crippen LogP contribution >= 0.6 is 0 Å². The molecule has 17 heavy (non-hydrogen) atoms. The van der Waals surface area contributed by atoms with Crippen molar-refractivity contribution >= 4 is 11.7 Å². The lowest BCUT2D eigenvalue weighted by atomic mass is 10.1. The Labute approximate surface area is 99.1 Å². The number of carbonyl (C=O) groups is 1. The van der Waals surface area contributed by atoms with Gasteiger partial charge in [-0.1, -0.05) is 13.8 Å². The lowest BCUT2D eigenvalue weighted by Crippen LogP contribution is -2.04. The van der Waals surface area contributed by atoms with Crippen molar-refractivity contribution in [2.24, 2.45) is 5.92 Å². The quantitative estimate of drug-likeness (QED) is 0.879. The highest BCUT2D eigenvalue weighted by molar-refractivity contribution is 5.88. The van der Waals surface area contributed by atoms with E-state index < -0.39 is 5.97 Å². The second-order valence-corrected chi connectivity index (χ2v) is 4.58. The van der Waals surface area contributed by atoms with Gasteiger partial charge in [0.2, 0.25) is 5.78 Å². The van der Waals surface area contributed by atoms with E-state index in [1.54, 1.807) is 17.5 Å². The van der Waals surface area contributed by atoms with Crippen molar-refractivity contribution in [1.82, 2.24) is 14.4 Å². The summed E-state index contributed by atoms with van der Waals surface area (Å²) in [4.78, 5) is 19.5. The Hall–Kier alpha value is -1.91. The van der Waals surface area contributed by atoms with E-state index in [1.807, 2.05) is 6.20 Å². The first-order valence-corrected chi connectivity index (χ1v) is 5.56. The first-order chi connectivity index (χ1) is 7.97. The summed E-state index contributed by atoms with van der Waals surface area (Å²) in [5.41, 5.74) is 1.65. The predicted molar refractivity (Wildman–Crippen MR) is 63.2 cm³/mol. The van der Waals surface area contributed by atoms with E-state index in [2.05, 4.69) is 23.8 Å². The van der Waals surface area contributed by atoms with Crippen LogP contribution < -0.4 is 0 Å². The van der Waals surface area contributed by atoms with Gasteiger partial charge >= 0.3 is 5.97 Å². The van der Waals surface area contributed by atoms with E-state index in [4.69, 9.17) is 5.11 Å². The van der Waals surface area contributed by atoms with Crippen LogP contribution in [-0.4, -0.2) is 25.4 Å². The number of aromatic carboxylic acids is 1. The Bertz CT molecular complexity index is 572. The van der Waals surface area contributed by atoms with Gasteiger partial charge < -0.3 is 5.11 Å². The first kappa shape index (κ1) is 11.6. The maximum atomic E-state index is 11.0. The lowest BCUT2D eigenvalue weighted by molar-refractivity contribution is 0.0695. The van der Waals surface area contributed by atoms with Crippen LogP contribution in [0.5, 0.6) is 0 Å². The minimum absolute atomic E-state index is 0.214. The van der Waals surface area contributed by atoms with E-state index in [0.29, 0.717) is 17.4 Å². The number of aryl methyl sites for hydroxylation is 1. The van der Waals surface area contributed by atoms with Crippen LogP contribution in [0.2, 0.25) is 0 Å². The summed E-state index contributed by atoms with van der Waals surface area (Å²) in [7, 11) is 0. The number of aromatic nitrogens is 3. The first-order valence-electron chi connectivity index (χ1n) is 5.56. The van der Waals surface area contributed by atoms with Crippen LogP contribution in [0, 0.1) is 12.8 Å². The van der Waals surface area contributed by atoms with Gasteiger partial charge in [-0.25, -0.2) is 14.8 Å². The molecule has 1 N–H and O–H groups in total. The Balaban J connectivity index is 2.50. The molecule has 2 rings (SSSR count). The molecular weight excluding hydrogens is 218 g/mol. The van der Waals surface area contributed by atoms with Crippen LogP contribution in [-0.2, 0) is 6.42 Å². The van der Waals surface area contributed by atoms with E-state index in [-0.39, 0.29) is 5.56 Å². The highest BCUT2D eigenvalue weighted by Crippen LogP contribution is 2.12. The average molecular weight is 233 g/mol. The zero-order valence-electron chi connectivity index (χ0n) is 10.1. The Morgan fingerprint density at radius 3 is 2.71 bits per heavy atom. The van der Waals surface area contributed by atoms with Gasteiger partial charge in [-0.2, -0.15) is 0 Å². The molecule has 0 atom stereocenters. The topological polar surface area (TPSA) is 67.5 Å². The van der Waals surface area contributed by atoms with E-state index in [1.165, 1.54) is 0 Å². The average Bonchev–Trinajstić information content (AvgIpc) is 2.56. The molecule has 2 aromatic heterocycles. The highest BCUT2D eigenvalue weighted by Gasteiger charge is 2.12. The maximum Gasteiger partial charge on any atom is 0.339 e. The molecule has 0 spiro atoms. The molecule has 0 aliphatic rings. The number of hydrogen-bond donors (Lipinski definition) is 1. The van der Waals surface area contributed by atoms with Crippen molar-refractivity contribution in [2.75, 3.05) is 0 Å². The molecule has 0 unspecified atom stereocenters. The fraction of sp³-hybridized carbons (Fsp3) is 0.417. The van der Waals surface area contributed by atoms with Crippen LogP contribution in [0.1, 0.15) is 35.6 Å². The van der Waals surface area contributed by atoms with Gasteiger partial charge in [0.1, 0.15) is 0 Å².